The summed E-state index contributed by atoms with van der Waals surface area (Å²) < 4.78 is 18.2. The summed E-state index contributed by atoms with van der Waals surface area (Å²) in [4.78, 5) is 14.0. The Balaban J connectivity index is 2.11. The van der Waals surface area contributed by atoms with Gasteiger partial charge in [-0.3, -0.25) is 4.79 Å². The Kier molecular flexibility index (Phi) is 5.52. The minimum atomic E-state index is -0.296. The molecule has 0 saturated heterocycles. The summed E-state index contributed by atoms with van der Waals surface area (Å²) >= 11 is 0. The molecule has 2 aromatic rings. The predicted octanol–water partition coefficient (Wildman–Crippen LogP) is 4.07. The van der Waals surface area contributed by atoms with E-state index in [4.69, 9.17) is 4.74 Å². The van der Waals surface area contributed by atoms with Crippen molar-refractivity contribution in [3.63, 3.8) is 0 Å². The maximum atomic E-state index is 12.9. The lowest BCUT2D eigenvalue weighted by Crippen LogP contribution is -2.28. The fourth-order valence-corrected chi connectivity index (χ4v) is 2.27. The molecule has 0 radical (unpaired) electrons. The van der Waals surface area contributed by atoms with Crippen molar-refractivity contribution in [2.24, 2.45) is 0 Å². The normalized spacial score (nSPS) is 12.2. The molecule has 0 spiro atoms. The second-order valence-electron chi connectivity index (χ2n) is 5.25. The second-order valence-corrected chi connectivity index (χ2v) is 5.25. The van der Waals surface area contributed by atoms with Crippen LogP contribution in [0.2, 0.25) is 0 Å². The first-order valence-electron chi connectivity index (χ1n) is 7.36. The van der Waals surface area contributed by atoms with Crippen LogP contribution < -0.4 is 4.74 Å². The topological polar surface area (TPSA) is 29.5 Å². The molecule has 0 bridgehead atoms. The van der Waals surface area contributed by atoms with Gasteiger partial charge in [-0.25, -0.2) is 4.39 Å². The Morgan fingerprint density at radius 3 is 2.48 bits per heavy atom. The number of nitrogens with zero attached hydrogens (tertiary/aromatic N) is 1. The van der Waals surface area contributed by atoms with Crippen molar-refractivity contribution in [2.45, 2.75) is 13.0 Å². The average molecular weight is 313 g/mol. The van der Waals surface area contributed by atoms with Crippen LogP contribution in [0.5, 0.6) is 5.75 Å². The van der Waals surface area contributed by atoms with E-state index in [-0.39, 0.29) is 17.8 Å². The largest absolute Gasteiger partial charge is 0.496 e. The predicted molar refractivity (Wildman–Crippen MR) is 89.6 cm³/mol. The number of benzene rings is 2. The summed E-state index contributed by atoms with van der Waals surface area (Å²) in [5, 5.41) is 0. The zero-order valence-electron chi connectivity index (χ0n) is 13.5. The van der Waals surface area contributed by atoms with E-state index in [0.29, 0.717) is 0 Å². The summed E-state index contributed by atoms with van der Waals surface area (Å²) in [5.74, 6) is 0.324. The van der Waals surface area contributed by atoms with Gasteiger partial charge in [0.1, 0.15) is 11.6 Å². The van der Waals surface area contributed by atoms with E-state index in [1.165, 1.54) is 18.2 Å². The molecule has 3 nitrogen and oxygen atoms in total. The molecule has 2 aromatic carbocycles. The SMILES string of the molecule is COc1ccccc1[C@@H](C)N(C)C(=O)/C=C/c1ccc(F)cc1. The Bertz CT molecular complexity index is 695. The molecule has 0 aliphatic carbocycles. The Hall–Kier alpha value is -2.62. The standard InChI is InChI=1S/C19H20FNO2/c1-14(17-6-4-5-7-18(17)23-3)21(2)19(22)13-10-15-8-11-16(20)12-9-15/h4-14H,1-3H3/b13-10+/t14-/m1/s1. The van der Waals surface area contributed by atoms with E-state index in [9.17, 15) is 9.18 Å². The lowest BCUT2D eigenvalue weighted by molar-refractivity contribution is -0.126. The van der Waals surface area contributed by atoms with Crippen molar-refractivity contribution in [1.82, 2.24) is 4.90 Å². The number of halogens is 1. The number of likely N-dealkylation sites (N-methyl/N-ethyl adjacent to an activating group) is 1. The maximum absolute atomic E-state index is 12.9. The van der Waals surface area contributed by atoms with E-state index in [0.717, 1.165) is 16.9 Å². The van der Waals surface area contributed by atoms with Gasteiger partial charge in [-0.2, -0.15) is 0 Å². The van der Waals surface area contributed by atoms with Crippen molar-refractivity contribution in [3.05, 3.63) is 71.6 Å². The number of carbonyl (C=O) groups excluding carboxylic acids is 1. The van der Waals surface area contributed by atoms with Crippen LogP contribution in [-0.2, 0) is 4.79 Å². The van der Waals surface area contributed by atoms with E-state index >= 15 is 0 Å². The van der Waals surface area contributed by atoms with Gasteiger partial charge in [-0.15, -0.1) is 0 Å². The first-order valence-corrected chi connectivity index (χ1v) is 7.36. The van der Waals surface area contributed by atoms with Crippen LogP contribution in [0.4, 0.5) is 4.39 Å². The molecule has 0 aliphatic rings. The number of amides is 1. The number of hydrogen-bond acceptors (Lipinski definition) is 2. The smallest absolute Gasteiger partial charge is 0.246 e. The molecule has 1 atom stereocenters. The minimum Gasteiger partial charge on any atom is -0.496 e. The average Bonchev–Trinajstić information content (AvgIpc) is 2.59. The third-order valence-corrected chi connectivity index (χ3v) is 3.81. The zero-order chi connectivity index (χ0) is 16.8. The number of hydrogen-bond donors (Lipinski definition) is 0. The molecule has 2 rings (SSSR count). The zero-order valence-corrected chi connectivity index (χ0v) is 13.5. The number of para-hydroxylation sites is 1. The van der Waals surface area contributed by atoms with Crippen LogP contribution in [-0.4, -0.2) is 25.0 Å². The molecule has 0 fully saturated rings. The molecule has 120 valence electrons. The van der Waals surface area contributed by atoms with Gasteiger partial charge in [-0.1, -0.05) is 30.3 Å². The molecule has 23 heavy (non-hydrogen) atoms. The Morgan fingerprint density at radius 1 is 1.17 bits per heavy atom. The quantitative estimate of drug-likeness (QED) is 0.779. The monoisotopic (exact) mass is 313 g/mol. The summed E-state index contributed by atoms with van der Waals surface area (Å²) in [5.41, 5.74) is 1.72. The van der Waals surface area contributed by atoms with Crippen molar-refractivity contribution in [2.75, 3.05) is 14.2 Å². The van der Waals surface area contributed by atoms with Crippen molar-refractivity contribution in [3.8, 4) is 5.75 Å². The van der Waals surface area contributed by atoms with Crippen LogP contribution in [0, 0.1) is 5.82 Å². The third kappa shape index (κ3) is 4.19. The summed E-state index contributed by atoms with van der Waals surface area (Å²) in [6.45, 7) is 1.95. The first kappa shape index (κ1) is 16.7. The van der Waals surface area contributed by atoms with E-state index in [2.05, 4.69) is 0 Å². The van der Waals surface area contributed by atoms with E-state index < -0.39 is 0 Å². The number of methoxy groups -OCH3 is 1. The van der Waals surface area contributed by atoms with Crippen LogP contribution in [0.15, 0.2) is 54.6 Å². The van der Waals surface area contributed by atoms with Crippen molar-refractivity contribution in [1.29, 1.82) is 0 Å². The molecular formula is C19H20FNO2. The first-order chi connectivity index (χ1) is 11.0. The third-order valence-electron chi connectivity index (χ3n) is 3.81. The fourth-order valence-electron chi connectivity index (χ4n) is 2.27. The Morgan fingerprint density at radius 2 is 1.83 bits per heavy atom. The van der Waals surface area contributed by atoms with E-state index in [1.807, 2.05) is 31.2 Å². The summed E-state index contributed by atoms with van der Waals surface area (Å²) in [6, 6.07) is 13.5. The molecule has 0 saturated carbocycles. The molecule has 0 heterocycles. The van der Waals surface area contributed by atoms with Crippen molar-refractivity contribution < 1.29 is 13.9 Å². The lowest BCUT2D eigenvalue weighted by Gasteiger charge is -2.25. The van der Waals surface area contributed by atoms with E-state index in [1.54, 1.807) is 37.3 Å². The van der Waals surface area contributed by atoms with Crippen molar-refractivity contribution >= 4 is 12.0 Å². The second kappa shape index (κ2) is 7.58. The van der Waals surface area contributed by atoms with Gasteiger partial charge in [0.2, 0.25) is 5.91 Å². The van der Waals surface area contributed by atoms with Gasteiger partial charge in [0.25, 0.3) is 0 Å². The van der Waals surface area contributed by atoms with Gasteiger partial charge in [-0.05, 0) is 36.8 Å². The highest BCUT2D eigenvalue weighted by atomic mass is 19.1. The van der Waals surface area contributed by atoms with Gasteiger partial charge in [0.15, 0.2) is 0 Å². The van der Waals surface area contributed by atoms with Crippen LogP contribution in [0.3, 0.4) is 0 Å². The highest BCUT2D eigenvalue weighted by Gasteiger charge is 2.18. The van der Waals surface area contributed by atoms with Gasteiger partial charge in [0.05, 0.1) is 13.2 Å². The number of rotatable bonds is 5. The maximum Gasteiger partial charge on any atom is 0.246 e. The van der Waals surface area contributed by atoms with Crippen LogP contribution in [0.1, 0.15) is 24.1 Å². The van der Waals surface area contributed by atoms with Gasteiger partial charge in [0, 0.05) is 18.7 Å². The molecule has 0 aromatic heterocycles. The highest BCUT2D eigenvalue weighted by Crippen LogP contribution is 2.28. The molecule has 0 unspecified atom stereocenters. The van der Waals surface area contributed by atoms with Crippen LogP contribution in [0.25, 0.3) is 6.08 Å². The van der Waals surface area contributed by atoms with Gasteiger partial charge >= 0.3 is 0 Å². The molecular weight excluding hydrogens is 293 g/mol. The number of carbonyl (C=O) groups is 1. The fraction of sp³-hybridized carbons (Fsp3) is 0.211. The van der Waals surface area contributed by atoms with Gasteiger partial charge < -0.3 is 9.64 Å². The summed E-state index contributed by atoms with van der Waals surface area (Å²) in [7, 11) is 3.36. The summed E-state index contributed by atoms with van der Waals surface area (Å²) in [6.07, 6.45) is 3.16. The molecule has 0 N–H and O–H groups in total. The molecule has 1 amide bonds. The number of ether oxygens (including phenoxy) is 1. The minimum absolute atomic E-state index is 0.128. The van der Waals surface area contributed by atoms with Crippen LogP contribution >= 0.6 is 0 Å². The molecule has 0 aliphatic heterocycles. The Labute approximate surface area is 136 Å². The lowest BCUT2D eigenvalue weighted by atomic mass is 10.1. The molecule has 4 heteroatoms. The highest BCUT2D eigenvalue weighted by molar-refractivity contribution is 5.91.